The molecule has 1 heterocycles. The summed E-state index contributed by atoms with van der Waals surface area (Å²) in [6, 6.07) is 0. The number of carbonyl (C=O) groups excluding carboxylic acids is 1. The maximum absolute atomic E-state index is 10.9. The fraction of sp³-hybridized carbons (Fsp3) is 0.900. The third-order valence-electron chi connectivity index (χ3n) is 2.00. The first-order chi connectivity index (χ1) is 8.08. The maximum Gasteiger partial charge on any atom is 0.293 e. The summed E-state index contributed by atoms with van der Waals surface area (Å²) in [5, 5.41) is 12.1. The minimum atomic E-state index is -3.23. The number of nitrogens with zero attached hydrogens (tertiary/aromatic N) is 1. The predicted molar refractivity (Wildman–Crippen MR) is 67.3 cm³/mol. The van der Waals surface area contributed by atoms with E-state index in [2.05, 4.69) is 10.1 Å². The number of sulfonamides is 1. The average molecular weight is 282 g/mol. The third kappa shape index (κ3) is 7.59. The number of piperazine rings is 1. The van der Waals surface area contributed by atoms with E-state index < -0.39 is 16.3 Å². The van der Waals surface area contributed by atoms with Crippen LogP contribution in [0.3, 0.4) is 0 Å². The van der Waals surface area contributed by atoms with Crippen molar-refractivity contribution in [1.82, 2.24) is 9.62 Å². The number of aliphatic hydroxyl groups is 1. The highest BCUT2D eigenvalue weighted by Crippen LogP contribution is 2.04. The van der Waals surface area contributed by atoms with E-state index in [0.29, 0.717) is 26.1 Å². The molecule has 0 bridgehead atoms. The van der Waals surface area contributed by atoms with Gasteiger partial charge in [-0.2, -0.15) is 4.31 Å². The lowest BCUT2D eigenvalue weighted by Crippen LogP contribution is -2.53. The van der Waals surface area contributed by atoms with Gasteiger partial charge in [0.15, 0.2) is 0 Å². The summed E-state index contributed by atoms with van der Waals surface area (Å²) in [5.74, 6) is 0. The second-order valence-corrected chi connectivity index (χ2v) is 6.82. The van der Waals surface area contributed by atoms with Gasteiger partial charge < -0.3 is 15.2 Å². The van der Waals surface area contributed by atoms with Crippen molar-refractivity contribution in [2.75, 3.05) is 25.9 Å². The first-order valence-corrected chi connectivity index (χ1v) is 7.40. The summed E-state index contributed by atoms with van der Waals surface area (Å²) in [6.45, 7) is 7.18. The van der Waals surface area contributed by atoms with E-state index >= 15 is 0 Å². The number of rotatable bonds is 2. The van der Waals surface area contributed by atoms with Crippen molar-refractivity contribution >= 4 is 16.5 Å². The van der Waals surface area contributed by atoms with Crippen LogP contribution in [0.4, 0.5) is 0 Å². The molecule has 18 heavy (non-hydrogen) atoms. The molecule has 0 aromatic rings. The Labute approximate surface area is 108 Å². The molecule has 108 valence electrons. The van der Waals surface area contributed by atoms with Crippen LogP contribution in [0.1, 0.15) is 20.8 Å². The zero-order valence-corrected chi connectivity index (χ0v) is 12.0. The first kappa shape index (κ1) is 17.3. The normalized spacial score (nSPS) is 21.7. The van der Waals surface area contributed by atoms with E-state index in [-0.39, 0.29) is 5.60 Å². The van der Waals surface area contributed by atoms with Gasteiger partial charge in [0.1, 0.15) is 11.8 Å². The van der Waals surface area contributed by atoms with Crippen LogP contribution in [0.5, 0.6) is 0 Å². The van der Waals surface area contributed by atoms with E-state index in [4.69, 9.17) is 0 Å². The fourth-order valence-electron chi connectivity index (χ4n) is 1.20. The number of carbonyl (C=O) groups is 1. The number of hydrogen-bond acceptors (Lipinski definition) is 6. The summed E-state index contributed by atoms with van der Waals surface area (Å²) < 4.78 is 27.5. The Morgan fingerprint density at radius 2 is 2.00 bits per heavy atom. The molecule has 1 fully saturated rings. The number of hydrogen-bond donors (Lipinski definition) is 2. The van der Waals surface area contributed by atoms with Crippen molar-refractivity contribution < 1.29 is 23.1 Å². The van der Waals surface area contributed by atoms with E-state index in [9.17, 15) is 18.3 Å². The Hall–Kier alpha value is -0.700. The van der Waals surface area contributed by atoms with Gasteiger partial charge in [0.2, 0.25) is 10.0 Å². The summed E-state index contributed by atoms with van der Waals surface area (Å²) in [4.78, 5) is 9.60. The lowest BCUT2D eigenvalue weighted by Gasteiger charge is -2.30. The van der Waals surface area contributed by atoms with Gasteiger partial charge >= 0.3 is 0 Å². The monoisotopic (exact) mass is 282 g/mol. The molecule has 1 atom stereocenters. The average Bonchev–Trinajstić information content (AvgIpc) is 2.15. The van der Waals surface area contributed by atoms with Crippen molar-refractivity contribution in [3.63, 3.8) is 0 Å². The third-order valence-corrected chi connectivity index (χ3v) is 3.27. The molecular weight excluding hydrogens is 260 g/mol. The quantitative estimate of drug-likeness (QED) is 0.639. The molecular formula is C10H22N2O5S. The molecule has 1 aliphatic heterocycles. The van der Waals surface area contributed by atoms with E-state index in [1.54, 1.807) is 0 Å². The largest absolute Gasteiger partial charge is 0.462 e. The van der Waals surface area contributed by atoms with Crippen LogP contribution in [-0.4, -0.2) is 62.0 Å². The van der Waals surface area contributed by atoms with Crippen molar-refractivity contribution in [1.29, 1.82) is 0 Å². The molecule has 0 aromatic heterocycles. The second-order valence-electron chi connectivity index (χ2n) is 4.88. The van der Waals surface area contributed by atoms with Gasteiger partial charge in [0.25, 0.3) is 6.47 Å². The molecule has 1 unspecified atom stereocenters. The number of aliphatic hydroxyl groups excluding tert-OH is 1. The van der Waals surface area contributed by atoms with Crippen LogP contribution in [-0.2, 0) is 19.6 Å². The highest BCUT2D eigenvalue weighted by Gasteiger charge is 2.26. The molecule has 8 heteroatoms. The van der Waals surface area contributed by atoms with Crippen LogP contribution in [0.2, 0.25) is 0 Å². The predicted octanol–water partition coefficient (Wildman–Crippen LogP) is -0.872. The molecule has 7 nitrogen and oxygen atoms in total. The van der Waals surface area contributed by atoms with Crippen LogP contribution < -0.4 is 5.32 Å². The molecule has 2 N–H and O–H groups in total. The van der Waals surface area contributed by atoms with Crippen LogP contribution in [0, 0.1) is 0 Å². The van der Waals surface area contributed by atoms with Crippen LogP contribution in [0.25, 0.3) is 0 Å². The van der Waals surface area contributed by atoms with Gasteiger partial charge in [0, 0.05) is 19.6 Å². The fourth-order valence-corrected chi connectivity index (χ4v) is 2.14. The minimum Gasteiger partial charge on any atom is -0.462 e. The zero-order chi connectivity index (χ0) is 14.4. The van der Waals surface area contributed by atoms with Crippen molar-refractivity contribution in [3.05, 3.63) is 0 Å². The smallest absolute Gasteiger partial charge is 0.293 e. The zero-order valence-electron chi connectivity index (χ0n) is 11.2. The molecule has 0 amide bonds. The summed E-state index contributed by atoms with van der Waals surface area (Å²) in [6.07, 6.45) is 0.195. The molecule has 1 aliphatic rings. The molecule has 0 radical (unpaired) electrons. The lowest BCUT2D eigenvalue weighted by atomic mass is 10.2. The lowest BCUT2D eigenvalue weighted by molar-refractivity contribution is -0.138. The van der Waals surface area contributed by atoms with Gasteiger partial charge in [-0.05, 0) is 20.8 Å². The Kier molecular flexibility index (Phi) is 6.76. The van der Waals surface area contributed by atoms with E-state index in [0.717, 1.165) is 10.6 Å². The Morgan fingerprint density at radius 1 is 1.44 bits per heavy atom. The van der Waals surface area contributed by atoms with Crippen LogP contribution >= 0.6 is 0 Å². The Balaban J connectivity index is 0.000000360. The van der Waals surface area contributed by atoms with Gasteiger partial charge in [-0.3, -0.25) is 4.79 Å². The molecule has 0 aromatic carbocycles. The highest BCUT2D eigenvalue weighted by atomic mass is 32.2. The summed E-state index contributed by atoms with van der Waals surface area (Å²) in [7, 11) is -3.23. The van der Waals surface area contributed by atoms with E-state index in [1.165, 1.54) is 0 Å². The van der Waals surface area contributed by atoms with Crippen molar-refractivity contribution in [2.45, 2.75) is 32.6 Å². The topological polar surface area (TPSA) is 95.9 Å². The van der Waals surface area contributed by atoms with Gasteiger partial charge in [-0.25, -0.2) is 8.42 Å². The first-order valence-electron chi connectivity index (χ1n) is 5.55. The molecule has 1 rings (SSSR count). The minimum absolute atomic E-state index is 0.313. The number of β-amino-alcohol motifs (C(OH)–C–C–N with tert-alkyl or cyclic N) is 1. The molecule has 0 saturated carbocycles. The Morgan fingerprint density at radius 3 is 2.22 bits per heavy atom. The summed E-state index contributed by atoms with van der Waals surface area (Å²) >= 11 is 0. The van der Waals surface area contributed by atoms with E-state index in [1.807, 2.05) is 20.8 Å². The SMILES string of the molecule is CC(C)(C)OC=O.CS(=O)(=O)N1CCNCC1O. The van der Waals surface area contributed by atoms with Gasteiger partial charge in [-0.1, -0.05) is 0 Å². The Bertz CT molecular complexity index is 350. The van der Waals surface area contributed by atoms with Gasteiger partial charge in [0.05, 0.1) is 6.26 Å². The standard InChI is InChI=1S/C5H12N2O3S.C5H10O2/c1-11(9,10)7-3-2-6-4-5(7)8;1-5(2,3)7-4-6/h5-6,8H,2-4H2,1H3;4H,1-3H3. The molecule has 0 spiro atoms. The van der Waals surface area contributed by atoms with Crippen molar-refractivity contribution in [2.24, 2.45) is 0 Å². The van der Waals surface area contributed by atoms with Gasteiger partial charge in [-0.15, -0.1) is 0 Å². The number of nitrogens with one attached hydrogen (secondary N) is 1. The second kappa shape index (κ2) is 7.03. The highest BCUT2D eigenvalue weighted by molar-refractivity contribution is 7.88. The maximum atomic E-state index is 10.9. The summed E-state index contributed by atoms with van der Waals surface area (Å²) in [5.41, 5.74) is -0.318. The molecule has 0 aliphatic carbocycles. The number of ether oxygens (including phenoxy) is 1. The molecule has 1 saturated heterocycles. The van der Waals surface area contributed by atoms with Crippen LogP contribution in [0.15, 0.2) is 0 Å². The van der Waals surface area contributed by atoms with Crippen molar-refractivity contribution in [3.8, 4) is 0 Å².